The van der Waals surface area contributed by atoms with Crippen LogP contribution in [0.15, 0.2) is 102 Å². The molecule has 0 bridgehead atoms. The van der Waals surface area contributed by atoms with E-state index in [-0.39, 0.29) is 23.2 Å². The van der Waals surface area contributed by atoms with Gasteiger partial charge in [0.05, 0.1) is 33.6 Å². The lowest BCUT2D eigenvalue weighted by molar-refractivity contribution is 0.0320. The predicted molar refractivity (Wildman–Crippen MR) is 163 cm³/mol. The number of esters is 1. The molecule has 2 heterocycles. The number of ether oxygens (including phenoxy) is 1. The zero-order chi connectivity index (χ0) is 29.5. The zero-order valence-electron chi connectivity index (χ0n) is 22.0. The molecule has 0 N–H and O–H groups in total. The van der Waals surface area contributed by atoms with Gasteiger partial charge in [0.1, 0.15) is 0 Å². The number of hydrogen-bond acceptors (Lipinski definition) is 6. The Kier molecular flexibility index (Phi) is 7.18. The second kappa shape index (κ2) is 11.0. The molecule has 0 aliphatic carbocycles. The van der Waals surface area contributed by atoms with E-state index in [2.05, 4.69) is 15.9 Å². The van der Waals surface area contributed by atoms with Crippen LogP contribution in [0.25, 0.3) is 22.2 Å². The number of carbonyl (C=O) groups excluding carboxylic acids is 4. The molecule has 0 spiro atoms. The molecule has 1 atom stereocenters. The molecule has 0 radical (unpaired) electrons. The second-order valence-corrected chi connectivity index (χ2v) is 11.0. The van der Waals surface area contributed by atoms with E-state index in [4.69, 9.17) is 21.3 Å². The Morgan fingerprint density at radius 2 is 1.55 bits per heavy atom. The van der Waals surface area contributed by atoms with Gasteiger partial charge in [0.2, 0.25) is 5.78 Å². The number of rotatable bonds is 6. The van der Waals surface area contributed by atoms with Crippen LogP contribution >= 0.6 is 27.5 Å². The average Bonchev–Trinajstić information content (AvgIpc) is 3.25. The highest BCUT2D eigenvalue weighted by molar-refractivity contribution is 9.10. The molecule has 0 saturated heterocycles. The fourth-order valence-electron chi connectivity index (χ4n) is 4.87. The summed E-state index contributed by atoms with van der Waals surface area (Å²) in [6.07, 6.45) is -1.06. The third kappa shape index (κ3) is 5.00. The molecular formula is C33H20BrClN2O5. The summed E-state index contributed by atoms with van der Waals surface area (Å²) in [5.74, 6) is -1.84. The number of aromatic nitrogens is 1. The number of imide groups is 1. The van der Waals surface area contributed by atoms with Gasteiger partial charge in [0, 0.05) is 26.0 Å². The van der Waals surface area contributed by atoms with Crippen molar-refractivity contribution in [1.29, 1.82) is 0 Å². The summed E-state index contributed by atoms with van der Waals surface area (Å²) in [6, 6.07) is 26.9. The second-order valence-electron chi connectivity index (χ2n) is 9.68. The molecule has 0 fully saturated rings. The van der Waals surface area contributed by atoms with Crippen LogP contribution in [0.2, 0.25) is 5.02 Å². The SMILES string of the molecule is CC(OC(=O)c1cc(-c2ccc(N3C(=O)c4ccccc4C3=O)cc2)nc2ccc(Br)cc12)C(=O)c1cccc(Cl)c1. The monoisotopic (exact) mass is 638 g/mol. The highest BCUT2D eigenvalue weighted by Crippen LogP contribution is 2.32. The van der Waals surface area contributed by atoms with E-state index in [1.165, 1.54) is 13.0 Å². The number of amides is 2. The standard InChI is InChI=1S/C33H20BrClN2O5/c1-18(30(38)20-5-4-6-22(35)15-20)42-33(41)27-17-29(36-28-14-11-21(34)16-26(27)28)19-9-12-23(13-10-19)37-31(39)24-7-2-3-8-25(24)32(37)40/h2-18H,1H3. The summed E-state index contributed by atoms with van der Waals surface area (Å²) in [6.45, 7) is 1.51. The average molecular weight is 640 g/mol. The Hall–Kier alpha value is -4.66. The fraction of sp³-hybridized carbons (Fsp3) is 0.0606. The van der Waals surface area contributed by atoms with Crippen LogP contribution in [-0.2, 0) is 4.74 Å². The number of pyridine rings is 1. The summed E-state index contributed by atoms with van der Waals surface area (Å²) in [5.41, 5.74) is 3.37. The fourth-order valence-corrected chi connectivity index (χ4v) is 5.43. The van der Waals surface area contributed by atoms with Gasteiger partial charge in [-0.3, -0.25) is 14.4 Å². The molecule has 1 unspecified atom stereocenters. The lowest BCUT2D eigenvalue weighted by atomic mass is 10.0. The molecule has 7 nitrogen and oxygen atoms in total. The van der Waals surface area contributed by atoms with Crippen LogP contribution in [0.1, 0.15) is 48.4 Å². The van der Waals surface area contributed by atoms with Crippen LogP contribution in [-0.4, -0.2) is 34.7 Å². The quantitative estimate of drug-likeness (QED) is 0.108. The topological polar surface area (TPSA) is 93.6 Å². The van der Waals surface area contributed by atoms with Gasteiger partial charge < -0.3 is 4.74 Å². The molecule has 42 heavy (non-hydrogen) atoms. The maximum Gasteiger partial charge on any atom is 0.339 e. The van der Waals surface area contributed by atoms with E-state index in [9.17, 15) is 19.2 Å². The first-order valence-electron chi connectivity index (χ1n) is 12.9. The number of Topliss-reactive ketones (excluding diaryl/α,β-unsaturated/α-hetero) is 1. The van der Waals surface area contributed by atoms with Crippen LogP contribution in [0.4, 0.5) is 5.69 Å². The minimum atomic E-state index is -1.06. The maximum absolute atomic E-state index is 13.4. The van der Waals surface area contributed by atoms with Crippen molar-refractivity contribution in [3.05, 3.63) is 129 Å². The Labute approximate surface area is 253 Å². The first-order valence-corrected chi connectivity index (χ1v) is 14.1. The smallest absolute Gasteiger partial charge is 0.339 e. The summed E-state index contributed by atoms with van der Waals surface area (Å²) >= 11 is 9.47. The molecular weight excluding hydrogens is 620 g/mol. The largest absolute Gasteiger partial charge is 0.451 e. The third-order valence-electron chi connectivity index (χ3n) is 6.97. The number of benzene rings is 4. The van der Waals surface area contributed by atoms with Crippen molar-refractivity contribution in [2.75, 3.05) is 4.90 Å². The lowest BCUT2D eigenvalue weighted by Gasteiger charge is -2.16. The van der Waals surface area contributed by atoms with Crippen molar-refractivity contribution in [3.8, 4) is 11.3 Å². The van der Waals surface area contributed by atoms with E-state index in [0.29, 0.717) is 49.6 Å². The molecule has 5 aromatic rings. The lowest BCUT2D eigenvalue weighted by Crippen LogP contribution is -2.29. The number of anilines is 1. The van der Waals surface area contributed by atoms with Crippen LogP contribution < -0.4 is 4.90 Å². The predicted octanol–water partition coefficient (Wildman–Crippen LogP) is 7.55. The van der Waals surface area contributed by atoms with Crippen LogP contribution in [0, 0.1) is 0 Å². The van der Waals surface area contributed by atoms with E-state index in [1.807, 2.05) is 6.07 Å². The van der Waals surface area contributed by atoms with Gasteiger partial charge in [-0.05, 0) is 67.6 Å². The Morgan fingerprint density at radius 3 is 2.21 bits per heavy atom. The van der Waals surface area contributed by atoms with Gasteiger partial charge in [0.25, 0.3) is 11.8 Å². The molecule has 2 amide bonds. The minimum Gasteiger partial charge on any atom is -0.451 e. The number of ketones is 1. The molecule has 1 aliphatic rings. The molecule has 1 aromatic heterocycles. The zero-order valence-corrected chi connectivity index (χ0v) is 24.3. The molecule has 9 heteroatoms. The Balaban J connectivity index is 1.32. The Bertz CT molecular complexity index is 1900. The number of nitrogens with zero attached hydrogens (tertiary/aromatic N) is 2. The molecule has 206 valence electrons. The highest BCUT2D eigenvalue weighted by atomic mass is 79.9. The normalized spacial score (nSPS) is 13.3. The third-order valence-corrected chi connectivity index (χ3v) is 7.70. The van der Waals surface area contributed by atoms with Gasteiger partial charge in [-0.15, -0.1) is 0 Å². The van der Waals surface area contributed by atoms with E-state index < -0.39 is 12.1 Å². The molecule has 0 saturated carbocycles. The number of fused-ring (bicyclic) bond motifs is 2. The van der Waals surface area contributed by atoms with Crippen molar-refractivity contribution in [1.82, 2.24) is 4.98 Å². The van der Waals surface area contributed by atoms with Gasteiger partial charge in [-0.2, -0.15) is 0 Å². The van der Waals surface area contributed by atoms with Crippen molar-refractivity contribution in [2.24, 2.45) is 0 Å². The minimum absolute atomic E-state index is 0.228. The molecule has 1 aliphatic heterocycles. The summed E-state index contributed by atoms with van der Waals surface area (Å²) in [4.78, 5) is 58.1. The van der Waals surface area contributed by atoms with Gasteiger partial charge in [0.15, 0.2) is 6.10 Å². The van der Waals surface area contributed by atoms with Gasteiger partial charge in [-0.25, -0.2) is 14.7 Å². The molecule has 6 rings (SSSR count). The number of hydrogen-bond donors (Lipinski definition) is 0. The van der Waals surface area contributed by atoms with Gasteiger partial charge >= 0.3 is 5.97 Å². The van der Waals surface area contributed by atoms with E-state index >= 15 is 0 Å². The molecule has 4 aromatic carbocycles. The maximum atomic E-state index is 13.4. The van der Waals surface area contributed by atoms with Crippen molar-refractivity contribution >= 4 is 67.7 Å². The van der Waals surface area contributed by atoms with Crippen molar-refractivity contribution < 1.29 is 23.9 Å². The summed E-state index contributed by atoms with van der Waals surface area (Å²) in [5, 5.41) is 0.950. The number of carbonyl (C=O) groups is 4. The van der Waals surface area contributed by atoms with Crippen LogP contribution in [0.3, 0.4) is 0 Å². The number of halogens is 2. The van der Waals surface area contributed by atoms with Gasteiger partial charge in [-0.1, -0.05) is 63.9 Å². The van der Waals surface area contributed by atoms with Crippen molar-refractivity contribution in [2.45, 2.75) is 13.0 Å². The summed E-state index contributed by atoms with van der Waals surface area (Å²) < 4.78 is 6.36. The van der Waals surface area contributed by atoms with Crippen molar-refractivity contribution in [3.63, 3.8) is 0 Å². The first kappa shape index (κ1) is 27.5. The Morgan fingerprint density at radius 1 is 0.857 bits per heavy atom. The van der Waals surface area contributed by atoms with E-state index in [0.717, 1.165) is 9.37 Å². The first-order chi connectivity index (χ1) is 20.2. The highest BCUT2D eigenvalue weighted by Gasteiger charge is 2.36. The van der Waals surface area contributed by atoms with E-state index in [1.54, 1.807) is 84.9 Å². The summed E-state index contributed by atoms with van der Waals surface area (Å²) in [7, 11) is 0. The van der Waals surface area contributed by atoms with Crippen LogP contribution in [0.5, 0.6) is 0 Å².